The maximum absolute atomic E-state index is 12.6. The smallest absolute Gasteiger partial charge is 0.387 e. The third kappa shape index (κ3) is 4.66. The Morgan fingerprint density at radius 1 is 1.21 bits per heavy atom. The van der Waals surface area contributed by atoms with Crippen molar-refractivity contribution in [3.05, 3.63) is 57.5 Å². The molecule has 0 unspecified atom stereocenters. The van der Waals surface area contributed by atoms with E-state index in [2.05, 4.69) is 20.7 Å². The lowest BCUT2D eigenvalue weighted by molar-refractivity contribution is -0.0498. The number of nitrogens with zero attached hydrogens (tertiary/aromatic N) is 1. The minimum Gasteiger partial charge on any atom is -0.435 e. The van der Waals surface area contributed by atoms with Gasteiger partial charge in [-0.1, -0.05) is 39.7 Å². The van der Waals surface area contributed by atoms with E-state index < -0.39 is 16.6 Å². The standard InChI is InChI=1S/C15H13BrClF2NO3S/c1-20(9-10-2-5-12(6-3-10)23-15(18)19)24(21,22)14-7-4-11(16)8-13(14)17/h2-8,15H,9H2,1H3. The molecule has 0 atom stereocenters. The van der Waals surface area contributed by atoms with Gasteiger partial charge in [0.2, 0.25) is 10.0 Å². The van der Waals surface area contributed by atoms with E-state index in [-0.39, 0.29) is 22.2 Å². The van der Waals surface area contributed by atoms with E-state index in [0.29, 0.717) is 10.0 Å². The van der Waals surface area contributed by atoms with Crippen LogP contribution in [0.3, 0.4) is 0 Å². The molecule has 24 heavy (non-hydrogen) atoms. The van der Waals surface area contributed by atoms with Gasteiger partial charge in [-0.3, -0.25) is 0 Å². The fourth-order valence-corrected chi connectivity index (χ4v) is 4.14. The van der Waals surface area contributed by atoms with Gasteiger partial charge in [0, 0.05) is 18.1 Å². The van der Waals surface area contributed by atoms with Crippen molar-refractivity contribution in [2.75, 3.05) is 7.05 Å². The van der Waals surface area contributed by atoms with Gasteiger partial charge in [-0.25, -0.2) is 8.42 Å². The van der Waals surface area contributed by atoms with Gasteiger partial charge in [-0.2, -0.15) is 13.1 Å². The summed E-state index contributed by atoms with van der Waals surface area (Å²) in [6, 6.07) is 10.3. The third-order valence-electron chi connectivity index (χ3n) is 3.14. The van der Waals surface area contributed by atoms with Crippen molar-refractivity contribution in [1.29, 1.82) is 0 Å². The van der Waals surface area contributed by atoms with E-state index in [1.807, 2.05) is 0 Å². The van der Waals surface area contributed by atoms with E-state index in [9.17, 15) is 17.2 Å². The molecule has 0 aromatic heterocycles. The monoisotopic (exact) mass is 439 g/mol. The molecule has 0 aliphatic heterocycles. The van der Waals surface area contributed by atoms with E-state index in [1.54, 1.807) is 6.07 Å². The summed E-state index contributed by atoms with van der Waals surface area (Å²) in [5.41, 5.74) is 0.621. The number of halogens is 4. The van der Waals surface area contributed by atoms with Gasteiger partial charge in [0.15, 0.2) is 0 Å². The van der Waals surface area contributed by atoms with Crippen LogP contribution in [0.2, 0.25) is 5.02 Å². The second-order valence-electron chi connectivity index (χ2n) is 4.86. The van der Waals surface area contributed by atoms with Crippen LogP contribution in [0, 0.1) is 0 Å². The summed E-state index contributed by atoms with van der Waals surface area (Å²) in [4.78, 5) is -0.00693. The average molecular weight is 441 g/mol. The largest absolute Gasteiger partial charge is 0.435 e. The molecule has 0 spiro atoms. The Hall–Kier alpha value is -1.22. The lowest BCUT2D eigenvalue weighted by atomic mass is 10.2. The highest BCUT2D eigenvalue weighted by Gasteiger charge is 2.23. The summed E-state index contributed by atoms with van der Waals surface area (Å²) >= 11 is 9.23. The SMILES string of the molecule is CN(Cc1ccc(OC(F)F)cc1)S(=O)(=O)c1ccc(Br)cc1Cl. The first-order chi connectivity index (χ1) is 11.2. The Bertz CT molecular complexity index is 816. The molecule has 0 N–H and O–H groups in total. The molecule has 0 saturated heterocycles. The first-order valence-electron chi connectivity index (χ1n) is 6.65. The number of hydrogen-bond donors (Lipinski definition) is 0. The van der Waals surface area contributed by atoms with Crippen molar-refractivity contribution in [2.24, 2.45) is 0 Å². The molecule has 0 aliphatic rings. The Morgan fingerprint density at radius 2 is 1.83 bits per heavy atom. The van der Waals surface area contributed by atoms with Crippen molar-refractivity contribution in [3.8, 4) is 5.75 Å². The number of sulfonamides is 1. The summed E-state index contributed by atoms with van der Waals surface area (Å²) < 4.78 is 55.4. The third-order valence-corrected chi connectivity index (χ3v) is 5.92. The maximum Gasteiger partial charge on any atom is 0.387 e. The average Bonchev–Trinajstić information content (AvgIpc) is 2.48. The Morgan fingerprint density at radius 3 is 2.38 bits per heavy atom. The predicted molar refractivity (Wildman–Crippen MR) is 90.9 cm³/mol. The summed E-state index contributed by atoms with van der Waals surface area (Å²) in [5.74, 6) is 0.00946. The lowest BCUT2D eigenvalue weighted by Gasteiger charge is -2.18. The molecule has 4 nitrogen and oxygen atoms in total. The highest BCUT2D eigenvalue weighted by molar-refractivity contribution is 9.10. The van der Waals surface area contributed by atoms with Crippen LogP contribution in [0.4, 0.5) is 8.78 Å². The second-order valence-corrected chi connectivity index (χ2v) is 8.19. The van der Waals surface area contributed by atoms with Gasteiger partial charge in [0.25, 0.3) is 0 Å². The molecule has 0 aliphatic carbocycles. The van der Waals surface area contributed by atoms with Crippen LogP contribution >= 0.6 is 27.5 Å². The summed E-state index contributed by atoms with van der Waals surface area (Å²) in [6.07, 6.45) is 0. The molecule has 0 bridgehead atoms. The first-order valence-corrected chi connectivity index (χ1v) is 9.26. The number of benzene rings is 2. The zero-order chi connectivity index (χ0) is 17.9. The zero-order valence-electron chi connectivity index (χ0n) is 12.4. The van der Waals surface area contributed by atoms with Crippen LogP contribution in [0.1, 0.15) is 5.56 Å². The Kier molecular flexibility index (Phi) is 6.19. The van der Waals surface area contributed by atoms with E-state index >= 15 is 0 Å². The van der Waals surface area contributed by atoms with Gasteiger partial charge < -0.3 is 4.74 Å². The van der Waals surface area contributed by atoms with Crippen LogP contribution in [0.15, 0.2) is 51.8 Å². The fourth-order valence-electron chi connectivity index (χ4n) is 1.97. The van der Waals surface area contributed by atoms with Crippen LogP contribution < -0.4 is 4.74 Å². The fraction of sp³-hybridized carbons (Fsp3) is 0.200. The topological polar surface area (TPSA) is 46.6 Å². The Balaban J connectivity index is 2.17. The van der Waals surface area contributed by atoms with Gasteiger partial charge in [0.05, 0.1) is 5.02 Å². The minimum atomic E-state index is -3.78. The molecule has 0 heterocycles. The molecule has 0 saturated carbocycles. The molecule has 0 radical (unpaired) electrons. The minimum absolute atomic E-state index is 0.00693. The number of ether oxygens (including phenoxy) is 1. The highest BCUT2D eigenvalue weighted by atomic mass is 79.9. The van der Waals surface area contributed by atoms with E-state index in [1.165, 1.54) is 43.4 Å². The molecule has 2 rings (SSSR count). The molecule has 9 heteroatoms. The second kappa shape index (κ2) is 7.77. The van der Waals surface area contributed by atoms with Gasteiger partial charge in [-0.05, 0) is 35.9 Å². The highest BCUT2D eigenvalue weighted by Crippen LogP contribution is 2.28. The molecule has 0 amide bonds. The number of hydrogen-bond acceptors (Lipinski definition) is 3. The van der Waals surface area contributed by atoms with Crippen molar-refractivity contribution >= 4 is 37.6 Å². The lowest BCUT2D eigenvalue weighted by Crippen LogP contribution is -2.26. The van der Waals surface area contributed by atoms with Crippen LogP contribution in [0.5, 0.6) is 5.75 Å². The van der Waals surface area contributed by atoms with Crippen molar-refractivity contribution in [3.63, 3.8) is 0 Å². The molecular weight excluding hydrogens is 428 g/mol. The predicted octanol–water partition coefficient (Wildman–Crippen LogP) is 4.52. The quantitative estimate of drug-likeness (QED) is 0.663. The molecule has 2 aromatic carbocycles. The summed E-state index contributed by atoms with van der Waals surface area (Å²) in [7, 11) is -2.37. The molecular formula is C15H13BrClF2NO3S. The summed E-state index contributed by atoms with van der Waals surface area (Å²) in [5, 5.41) is 0.108. The zero-order valence-corrected chi connectivity index (χ0v) is 15.6. The van der Waals surface area contributed by atoms with E-state index in [0.717, 1.165) is 4.31 Å². The van der Waals surface area contributed by atoms with Crippen molar-refractivity contribution in [2.45, 2.75) is 18.1 Å². The molecule has 0 fully saturated rings. The summed E-state index contributed by atoms with van der Waals surface area (Å²) in [6.45, 7) is -2.85. The Labute approximate surface area is 152 Å². The number of rotatable bonds is 6. The first kappa shape index (κ1) is 19.1. The number of alkyl halides is 2. The van der Waals surface area contributed by atoms with Crippen molar-refractivity contribution < 1.29 is 21.9 Å². The maximum atomic E-state index is 12.6. The molecule has 130 valence electrons. The van der Waals surface area contributed by atoms with E-state index in [4.69, 9.17) is 11.6 Å². The molecule has 2 aromatic rings. The van der Waals surface area contributed by atoms with Gasteiger partial charge in [0.1, 0.15) is 10.6 Å². The van der Waals surface area contributed by atoms with Crippen LogP contribution in [-0.2, 0) is 16.6 Å². The van der Waals surface area contributed by atoms with Gasteiger partial charge >= 0.3 is 6.61 Å². The van der Waals surface area contributed by atoms with Crippen LogP contribution in [-0.4, -0.2) is 26.4 Å². The van der Waals surface area contributed by atoms with Crippen molar-refractivity contribution in [1.82, 2.24) is 4.31 Å². The van der Waals surface area contributed by atoms with Crippen LogP contribution in [0.25, 0.3) is 0 Å². The van der Waals surface area contributed by atoms with Gasteiger partial charge in [-0.15, -0.1) is 0 Å². The normalized spacial score (nSPS) is 12.0.